The third kappa shape index (κ3) is 2.90. The first kappa shape index (κ1) is 9.78. The van der Waals surface area contributed by atoms with Crippen LogP contribution in [0.5, 0.6) is 0 Å². The molecule has 1 atom stereocenters. The molecule has 13 heavy (non-hydrogen) atoms. The molecule has 1 unspecified atom stereocenters. The van der Waals surface area contributed by atoms with E-state index in [4.69, 9.17) is 0 Å². The fraction of sp³-hybridized carbons (Fsp3) is 0.364. The topological polar surface area (TPSA) is 15.6 Å². The van der Waals surface area contributed by atoms with Crippen LogP contribution in [0.3, 0.4) is 0 Å². The van der Waals surface area contributed by atoms with Gasteiger partial charge >= 0.3 is 0 Å². The average Bonchev–Trinajstić information content (AvgIpc) is 2.16. The van der Waals surface area contributed by atoms with Crippen molar-refractivity contribution in [1.82, 2.24) is 4.90 Å². The summed E-state index contributed by atoms with van der Waals surface area (Å²) >= 11 is 0. The third-order valence-electron chi connectivity index (χ3n) is 2.01. The minimum atomic E-state index is 0.382. The molecule has 0 aromatic carbocycles. The third-order valence-corrected chi connectivity index (χ3v) is 2.01. The van der Waals surface area contributed by atoms with Gasteiger partial charge in [-0.05, 0) is 25.5 Å². The summed E-state index contributed by atoms with van der Waals surface area (Å²) < 4.78 is 0. The smallest absolute Gasteiger partial charge is 0.0938 e. The van der Waals surface area contributed by atoms with E-state index in [1.807, 2.05) is 35.7 Å². The molecular weight excluding hydrogens is 160 g/mol. The maximum absolute atomic E-state index is 4.37. The zero-order chi connectivity index (χ0) is 9.68. The Bertz CT molecular complexity index is 261. The summed E-state index contributed by atoms with van der Waals surface area (Å²) in [6.07, 6.45) is 10.7. The summed E-state index contributed by atoms with van der Waals surface area (Å²) in [5.74, 6) is 0. The van der Waals surface area contributed by atoms with Crippen molar-refractivity contribution in [3.8, 4) is 0 Å². The van der Waals surface area contributed by atoms with Crippen molar-refractivity contribution in [1.29, 1.82) is 0 Å². The SMILES string of the molecule is C=C1C=CC=CN1C=NC(C)CC. The van der Waals surface area contributed by atoms with Crippen LogP contribution in [0.2, 0.25) is 0 Å². The van der Waals surface area contributed by atoms with Gasteiger partial charge < -0.3 is 4.90 Å². The van der Waals surface area contributed by atoms with Gasteiger partial charge in [0.25, 0.3) is 0 Å². The molecule has 0 saturated carbocycles. The largest absolute Gasteiger partial charge is 0.309 e. The van der Waals surface area contributed by atoms with Crippen molar-refractivity contribution >= 4 is 6.34 Å². The van der Waals surface area contributed by atoms with Gasteiger partial charge in [-0.3, -0.25) is 4.99 Å². The lowest BCUT2D eigenvalue weighted by Crippen LogP contribution is -2.15. The molecule has 0 amide bonds. The molecule has 1 aliphatic rings. The first-order valence-electron chi connectivity index (χ1n) is 4.59. The average molecular weight is 176 g/mol. The normalized spacial score (nSPS) is 18.6. The Labute approximate surface area is 80.0 Å². The van der Waals surface area contributed by atoms with E-state index in [-0.39, 0.29) is 0 Å². The molecule has 1 aliphatic heterocycles. The molecule has 0 fully saturated rings. The highest BCUT2D eigenvalue weighted by molar-refractivity contribution is 5.62. The van der Waals surface area contributed by atoms with Gasteiger partial charge in [-0.25, -0.2) is 0 Å². The van der Waals surface area contributed by atoms with E-state index in [9.17, 15) is 0 Å². The molecule has 2 nitrogen and oxygen atoms in total. The minimum absolute atomic E-state index is 0.382. The van der Waals surface area contributed by atoms with Crippen molar-refractivity contribution in [3.05, 3.63) is 36.7 Å². The molecular formula is C11H16N2. The Kier molecular flexibility index (Phi) is 3.50. The van der Waals surface area contributed by atoms with Crippen molar-refractivity contribution in [2.24, 2.45) is 4.99 Å². The molecule has 0 aromatic rings. The van der Waals surface area contributed by atoms with Gasteiger partial charge in [-0.1, -0.05) is 19.6 Å². The lowest BCUT2D eigenvalue weighted by molar-refractivity contribution is 0.678. The fourth-order valence-electron chi connectivity index (χ4n) is 0.895. The lowest BCUT2D eigenvalue weighted by atomic mass is 10.3. The molecule has 2 heteroatoms. The second-order valence-corrected chi connectivity index (χ2v) is 3.12. The zero-order valence-electron chi connectivity index (χ0n) is 8.27. The number of nitrogens with zero attached hydrogens (tertiary/aromatic N) is 2. The van der Waals surface area contributed by atoms with Gasteiger partial charge in [-0.15, -0.1) is 0 Å². The van der Waals surface area contributed by atoms with E-state index in [0.717, 1.165) is 12.1 Å². The number of allylic oxidation sites excluding steroid dienone is 3. The monoisotopic (exact) mass is 176 g/mol. The molecule has 0 N–H and O–H groups in total. The second kappa shape index (κ2) is 4.65. The Morgan fingerprint density at radius 1 is 1.62 bits per heavy atom. The summed E-state index contributed by atoms with van der Waals surface area (Å²) in [4.78, 5) is 6.29. The molecule has 70 valence electrons. The van der Waals surface area contributed by atoms with Crippen LogP contribution in [0.1, 0.15) is 20.3 Å². The van der Waals surface area contributed by atoms with Gasteiger partial charge in [0, 0.05) is 17.9 Å². The van der Waals surface area contributed by atoms with Crippen molar-refractivity contribution in [2.75, 3.05) is 0 Å². The summed E-state index contributed by atoms with van der Waals surface area (Å²) in [7, 11) is 0. The number of rotatable bonds is 3. The van der Waals surface area contributed by atoms with Crippen molar-refractivity contribution in [2.45, 2.75) is 26.3 Å². The van der Waals surface area contributed by atoms with E-state index in [1.54, 1.807) is 0 Å². The van der Waals surface area contributed by atoms with Gasteiger partial charge in [0.05, 0.1) is 6.34 Å². The van der Waals surface area contributed by atoms with Crippen LogP contribution in [-0.2, 0) is 0 Å². The molecule has 0 radical (unpaired) electrons. The van der Waals surface area contributed by atoms with Gasteiger partial charge in [0.2, 0.25) is 0 Å². The zero-order valence-corrected chi connectivity index (χ0v) is 8.27. The molecule has 0 aliphatic carbocycles. The van der Waals surface area contributed by atoms with Gasteiger partial charge in [0.1, 0.15) is 0 Å². The predicted molar refractivity (Wildman–Crippen MR) is 57.5 cm³/mol. The molecule has 1 heterocycles. The fourth-order valence-corrected chi connectivity index (χ4v) is 0.895. The van der Waals surface area contributed by atoms with Crippen molar-refractivity contribution in [3.63, 3.8) is 0 Å². The van der Waals surface area contributed by atoms with Crippen LogP contribution in [0.25, 0.3) is 0 Å². The molecule has 0 bridgehead atoms. The predicted octanol–water partition coefficient (Wildman–Crippen LogP) is 2.71. The molecule has 0 saturated heterocycles. The Morgan fingerprint density at radius 3 is 3.00 bits per heavy atom. The number of hydrogen-bond donors (Lipinski definition) is 0. The molecule has 0 spiro atoms. The van der Waals surface area contributed by atoms with E-state index < -0.39 is 0 Å². The van der Waals surface area contributed by atoms with Crippen LogP contribution < -0.4 is 0 Å². The minimum Gasteiger partial charge on any atom is -0.309 e. The highest BCUT2D eigenvalue weighted by Gasteiger charge is 2.00. The summed E-state index contributed by atoms with van der Waals surface area (Å²) in [5, 5.41) is 0. The maximum atomic E-state index is 4.37. The first-order valence-corrected chi connectivity index (χ1v) is 4.59. The van der Waals surface area contributed by atoms with E-state index in [0.29, 0.717) is 6.04 Å². The van der Waals surface area contributed by atoms with Crippen LogP contribution in [0.4, 0.5) is 0 Å². The lowest BCUT2D eigenvalue weighted by Gasteiger charge is -2.17. The van der Waals surface area contributed by atoms with E-state index in [1.165, 1.54) is 0 Å². The molecule has 1 rings (SSSR count). The highest BCUT2D eigenvalue weighted by Crippen LogP contribution is 2.07. The van der Waals surface area contributed by atoms with Crippen molar-refractivity contribution < 1.29 is 0 Å². The maximum Gasteiger partial charge on any atom is 0.0938 e. The summed E-state index contributed by atoms with van der Waals surface area (Å²) in [6.45, 7) is 8.12. The number of hydrogen-bond acceptors (Lipinski definition) is 1. The second-order valence-electron chi connectivity index (χ2n) is 3.12. The standard InChI is InChI=1S/C11H16N2/c1-4-10(2)12-9-13-8-6-5-7-11(13)3/h5-10H,3-4H2,1-2H3. The Balaban J connectivity index is 2.54. The Morgan fingerprint density at radius 2 is 2.38 bits per heavy atom. The summed E-state index contributed by atoms with van der Waals surface area (Å²) in [6, 6.07) is 0.382. The quantitative estimate of drug-likeness (QED) is 0.477. The van der Waals surface area contributed by atoms with Crippen LogP contribution >= 0.6 is 0 Å². The van der Waals surface area contributed by atoms with Crippen LogP contribution in [-0.4, -0.2) is 17.3 Å². The van der Waals surface area contributed by atoms with Gasteiger partial charge in [-0.2, -0.15) is 0 Å². The van der Waals surface area contributed by atoms with Crippen LogP contribution in [0.15, 0.2) is 41.7 Å². The summed E-state index contributed by atoms with van der Waals surface area (Å²) in [5.41, 5.74) is 0.953. The van der Waals surface area contributed by atoms with E-state index in [2.05, 4.69) is 25.4 Å². The van der Waals surface area contributed by atoms with Crippen LogP contribution in [0, 0.1) is 0 Å². The Hall–Kier alpha value is -1.31. The number of aliphatic imine (C=N–C) groups is 1. The molecule has 0 aromatic heterocycles. The van der Waals surface area contributed by atoms with Gasteiger partial charge in [0.15, 0.2) is 0 Å². The van der Waals surface area contributed by atoms with E-state index >= 15 is 0 Å². The highest BCUT2D eigenvalue weighted by atomic mass is 15.1. The first-order chi connectivity index (χ1) is 6.24.